The van der Waals surface area contributed by atoms with Gasteiger partial charge in [0.15, 0.2) is 0 Å². The smallest absolute Gasteiger partial charge is 0.127 e. The molecule has 0 saturated carbocycles. The molecule has 0 aliphatic carbocycles. The van der Waals surface area contributed by atoms with Crippen LogP contribution in [0.3, 0.4) is 0 Å². The van der Waals surface area contributed by atoms with Crippen LogP contribution >= 0.6 is 0 Å². The number of nitrogens with one attached hydrogen (secondary N) is 2. The van der Waals surface area contributed by atoms with E-state index in [9.17, 15) is 0 Å². The minimum absolute atomic E-state index is 0.632. The maximum absolute atomic E-state index is 5.66. The van der Waals surface area contributed by atoms with Crippen molar-refractivity contribution in [2.75, 3.05) is 59.1 Å². The molecule has 1 fully saturated rings. The third-order valence-corrected chi connectivity index (χ3v) is 4.00. The Kier molecular flexibility index (Phi) is 6.84. The van der Waals surface area contributed by atoms with E-state index < -0.39 is 0 Å². The van der Waals surface area contributed by atoms with Crippen molar-refractivity contribution in [3.05, 3.63) is 30.3 Å². The molecule has 1 aliphatic heterocycles. The van der Waals surface area contributed by atoms with Crippen LogP contribution in [0, 0.1) is 0 Å². The van der Waals surface area contributed by atoms with Crippen molar-refractivity contribution in [3.63, 3.8) is 0 Å². The van der Waals surface area contributed by atoms with Crippen LogP contribution in [0.25, 0.3) is 0 Å². The second-order valence-electron chi connectivity index (χ2n) is 5.38. The van der Waals surface area contributed by atoms with Crippen molar-refractivity contribution in [1.82, 2.24) is 0 Å². The lowest BCUT2D eigenvalue weighted by Gasteiger charge is -2.28. The summed E-state index contributed by atoms with van der Waals surface area (Å²) in [6.45, 7) is 12.0. The lowest BCUT2D eigenvalue weighted by atomic mass is 10.3. The van der Waals surface area contributed by atoms with Gasteiger partial charge in [-0.25, -0.2) is 0 Å². The van der Waals surface area contributed by atoms with E-state index in [4.69, 9.17) is 9.47 Å². The van der Waals surface area contributed by atoms with Crippen LogP contribution in [0.15, 0.2) is 30.3 Å². The quantitative estimate of drug-likeness (QED) is 0.591. The van der Waals surface area contributed by atoms with Gasteiger partial charge in [0, 0.05) is 0 Å². The predicted octanol–water partition coefficient (Wildman–Crippen LogP) is -1.11. The number of benzene rings is 1. The van der Waals surface area contributed by atoms with E-state index in [2.05, 4.69) is 6.92 Å². The van der Waals surface area contributed by atoms with E-state index in [1.165, 1.54) is 32.7 Å². The molecular formula is C16H28N2O2+2. The Labute approximate surface area is 122 Å². The number of para-hydroxylation sites is 1. The molecule has 1 aromatic rings. The van der Waals surface area contributed by atoms with Crippen LogP contribution in [-0.4, -0.2) is 59.1 Å². The molecule has 1 aromatic carbocycles. The van der Waals surface area contributed by atoms with Gasteiger partial charge in [-0.1, -0.05) is 18.2 Å². The molecule has 0 bridgehead atoms. The summed E-state index contributed by atoms with van der Waals surface area (Å²) in [7, 11) is 0. The van der Waals surface area contributed by atoms with Gasteiger partial charge in [0.1, 0.15) is 45.1 Å². The molecule has 0 unspecified atom stereocenters. The zero-order chi connectivity index (χ0) is 14.0. The summed E-state index contributed by atoms with van der Waals surface area (Å²) in [6, 6.07) is 9.90. The second kappa shape index (κ2) is 8.95. The van der Waals surface area contributed by atoms with Crippen LogP contribution < -0.4 is 14.5 Å². The van der Waals surface area contributed by atoms with Crippen molar-refractivity contribution in [2.45, 2.75) is 6.92 Å². The predicted molar refractivity (Wildman–Crippen MR) is 79.6 cm³/mol. The average molecular weight is 280 g/mol. The fourth-order valence-corrected chi connectivity index (χ4v) is 2.61. The van der Waals surface area contributed by atoms with Crippen LogP contribution in [0.1, 0.15) is 6.92 Å². The van der Waals surface area contributed by atoms with Gasteiger partial charge in [-0.15, -0.1) is 0 Å². The van der Waals surface area contributed by atoms with Gasteiger partial charge in [0.25, 0.3) is 0 Å². The number of ether oxygens (including phenoxy) is 2. The van der Waals surface area contributed by atoms with E-state index in [0.717, 1.165) is 18.9 Å². The highest BCUT2D eigenvalue weighted by molar-refractivity contribution is 5.20. The van der Waals surface area contributed by atoms with Gasteiger partial charge in [0.05, 0.1) is 19.8 Å². The molecule has 0 atom stereocenters. The number of likely N-dealkylation sites (N-methyl/N-ethyl adjacent to an activating group) is 1. The Bertz CT molecular complexity index is 351. The standard InChI is InChI=1S/C16H26N2O2/c1-2-17-8-10-18(11-9-17)12-13-19-14-15-20-16-6-4-3-5-7-16/h3-7H,2,8-15H2,1H3/p+2. The van der Waals surface area contributed by atoms with Crippen LogP contribution in [0.5, 0.6) is 5.75 Å². The molecule has 4 nitrogen and oxygen atoms in total. The maximum Gasteiger partial charge on any atom is 0.127 e. The summed E-state index contributed by atoms with van der Waals surface area (Å²) in [5, 5.41) is 0. The Hall–Kier alpha value is -1.10. The van der Waals surface area contributed by atoms with Crippen LogP contribution in [-0.2, 0) is 4.74 Å². The molecule has 0 radical (unpaired) electrons. The first-order valence-corrected chi connectivity index (χ1v) is 7.81. The second-order valence-corrected chi connectivity index (χ2v) is 5.38. The fourth-order valence-electron chi connectivity index (χ4n) is 2.61. The Morgan fingerprint density at radius 2 is 1.60 bits per heavy atom. The van der Waals surface area contributed by atoms with Crippen LogP contribution in [0.2, 0.25) is 0 Å². The normalized spacial score (nSPS) is 22.6. The summed E-state index contributed by atoms with van der Waals surface area (Å²) < 4.78 is 11.3. The topological polar surface area (TPSA) is 27.3 Å². The monoisotopic (exact) mass is 280 g/mol. The van der Waals surface area contributed by atoms with Crippen LogP contribution in [0.4, 0.5) is 0 Å². The molecule has 4 heteroatoms. The van der Waals surface area contributed by atoms with Crippen molar-refractivity contribution in [1.29, 1.82) is 0 Å². The molecule has 2 N–H and O–H groups in total. The average Bonchev–Trinajstić information content (AvgIpc) is 2.52. The lowest BCUT2D eigenvalue weighted by molar-refractivity contribution is -1.01. The molecule has 1 heterocycles. The summed E-state index contributed by atoms with van der Waals surface area (Å²) >= 11 is 0. The highest BCUT2D eigenvalue weighted by Gasteiger charge is 2.20. The molecule has 0 aromatic heterocycles. The van der Waals surface area contributed by atoms with Gasteiger partial charge in [-0.05, 0) is 19.1 Å². The molecule has 0 spiro atoms. The summed E-state index contributed by atoms with van der Waals surface area (Å²) in [4.78, 5) is 3.43. The molecule has 112 valence electrons. The minimum Gasteiger partial charge on any atom is -0.491 e. The van der Waals surface area contributed by atoms with E-state index in [1.807, 2.05) is 30.3 Å². The summed E-state index contributed by atoms with van der Waals surface area (Å²) in [5.74, 6) is 0.917. The number of hydrogen-bond donors (Lipinski definition) is 2. The molecule has 20 heavy (non-hydrogen) atoms. The van der Waals surface area contributed by atoms with Crippen molar-refractivity contribution in [2.24, 2.45) is 0 Å². The number of hydrogen-bond acceptors (Lipinski definition) is 2. The molecule has 2 rings (SSSR count). The lowest BCUT2D eigenvalue weighted by Crippen LogP contribution is -3.28. The van der Waals surface area contributed by atoms with E-state index in [1.54, 1.807) is 9.80 Å². The first-order chi connectivity index (χ1) is 9.88. The Balaban J connectivity index is 1.46. The largest absolute Gasteiger partial charge is 0.491 e. The highest BCUT2D eigenvalue weighted by atomic mass is 16.5. The highest BCUT2D eigenvalue weighted by Crippen LogP contribution is 2.07. The maximum atomic E-state index is 5.66. The van der Waals surface area contributed by atoms with Crippen molar-refractivity contribution >= 4 is 0 Å². The van der Waals surface area contributed by atoms with Gasteiger partial charge >= 0.3 is 0 Å². The first kappa shape index (κ1) is 15.3. The van der Waals surface area contributed by atoms with Crippen molar-refractivity contribution < 1.29 is 19.3 Å². The van der Waals surface area contributed by atoms with Gasteiger partial charge in [-0.2, -0.15) is 0 Å². The zero-order valence-corrected chi connectivity index (χ0v) is 12.6. The van der Waals surface area contributed by atoms with Gasteiger partial charge in [0.2, 0.25) is 0 Å². The van der Waals surface area contributed by atoms with Gasteiger partial charge in [-0.3, -0.25) is 0 Å². The third-order valence-electron chi connectivity index (χ3n) is 4.00. The Morgan fingerprint density at radius 1 is 0.900 bits per heavy atom. The van der Waals surface area contributed by atoms with E-state index in [-0.39, 0.29) is 0 Å². The van der Waals surface area contributed by atoms with Gasteiger partial charge < -0.3 is 19.3 Å². The molecule has 0 amide bonds. The molecule has 1 saturated heterocycles. The summed E-state index contributed by atoms with van der Waals surface area (Å²) in [5.41, 5.74) is 0. The van der Waals surface area contributed by atoms with Crippen molar-refractivity contribution in [3.8, 4) is 5.75 Å². The fraction of sp³-hybridized carbons (Fsp3) is 0.625. The first-order valence-electron chi connectivity index (χ1n) is 7.81. The van der Waals surface area contributed by atoms with E-state index >= 15 is 0 Å². The molecule has 1 aliphatic rings. The zero-order valence-electron chi connectivity index (χ0n) is 12.6. The Morgan fingerprint density at radius 3 is 2.30 bits per heavy atom. The van der Waals surface area contributed by atoms with E-state index in [0.29, 0.717) is 13.2 Å². The molecular weight excluding hydrogens is 252 g/mol. The SMILES string of the molecule is CC[NH+]1CC[NH+](CCOCCOc2ccccc2)CC1. The minimum atomic E-state index is 0.632. The number of piperazine rings is 1. The number of quaternary nitrogens is 2. The summed E-state index contributed by atoms with van der Waals surface area (Å²) in [6.07, 6.45) is 0. The number of rotatable bonds is 8. The third kappa shape index (κ3) is 5.49.